The Morgan fingerprint density at radius 2 is 2.03 bits per heavy atom. The molecular weight excluding hydrogens is 416 g/mol. The number of hydrogen-bond donors (Lipinski definition) is 1. The lowest BCUT2D eigenvalue weighted by atomic mass is 9.72. The molecule has 4 heterocycles. The van der Waals surface area contributed by atoms with Crippen LogP contribution in [0.3, 0.4) is 0 Å². The standard InChI is InChI=1S/C23H37F2N5O2/c1-6-32-18-8-15(9-26-14(18)3)17-7-13(2)20-21(28-17)23(4,5)30(22(20)31)16-10-27-29(11-16)12-19(24)25/h9-10,13-21,28H,6-8,11-12H2,1-5H3. The van der Waals surface area contributed by atoms with Gasteiger partial charge in [0.25, 0.3) is 6.43 Å². The number of rotatable bonds is 6. The number of fused-ring (bicyclic) bond motifs is 1. The number of nitrogens with one attached hydrogen (secondary N) is 1. The van der Waals surface area contributed by atoms with Gasteiger partial charge in [-0.15, -0.1) is 0 Å². The summed E-state index contributed by atoms with van der Waals surface area (Å²) in [5, 5.41) is 9.33. The SMILES string of the molecule is CCOC1CC(C2CC(C)C3C(=O)N(C4C=NN(CC(F)F)C4)C(C)(C)C3N2)C=NC1C. The van der Waals surface area contributed by atoms with Crippen molar-refractivity contribution in [1.82, 2.24) is 15.2 Å². The summed E-state index contributed by atoms with van der Waals surface area (Å²) in [7, 11) is 0. The van der Waals surface area contributed by atoms with Gasteiger partial charge in [-0.05, 0) is 46.5 Å². The number of alkyl halides is 2. The summed E-state index contributed by atoms with van der Waals surface area (Å²) in [6, 6.07) is 0.0937. The Morgan fingerprint density at radius 3 is 2.72 bits per heavy atom. The molecule has 0 bridgehead atoms. The van der Waals surface area contributed by atoms with Crippen LogP contribution < -0.4 is 5.32 Å². The van der Waals surface area contributed by atoms with Gasteiger partial charge in [-0.2, -0.15) is 5.10 Å². The topological polar surface area (TPSA) is 69.5 Å². The van der Waals surface area contributed by atoms with E-state index in [2.05, 4.69) is 44.3 Å². The largest absolute Gasteiger partial charge is 0.376 e. The zero-order valence-electron chi connectivity index (χ0n) is 19.7. The van der Waals surface area contributed by atoms with Crippen LogP contribution >= 0.6 is 0 Å². The molecule has 2 saturated heterocycles. The number of nitrogens with zero attached hydrogens (tertiary/aromatic N) is 4. The van der Waals surface area contributed by atoms with Gasteiger partial charge in [-0.25, -0.2) is 8.78 Å². The van der Waals surface area contributed by atoms with Crippen molar-refractivity contribution in [3.63, 3.8) is 0 Å². The molecule has 2 fully saturated rings. The molecule has 8 unspecified atom stereocenters. The summed E-state index contributed by atoms with van der Waals surface area (Å²) >= 11 is 0. The van der Waals surface area contributed by atoms with Gasteiger partial charge in [-0.1, -0.05) is 6.92 Å². The average Bonchev–Trinajstić information content (AvgIpc) is 3.23. The van der Waals surface area contributed by atoms with E-state index in [4.69, 9.17) is 9.73 Å². The predicted octanol–water partition coefficient (Wildman–Crippen LogP) is 2.41. The van der Waals surface area contributed by atoms with Crippen LogP contribution in [0.4, 0.5) is 8.78 Å². The fourth-order valence-corrected chi connectivity index (χ4v) is 6.26. The highest BCUT2D eigenvalue weighted by atomic mass is 19.3. The second kappa shape index (κ2) is 8.97. The molecule has 0 saturated carbocycles. The van der Waals surface area contributed by atoms with Crippen LogP contribution in [0.5, 0.6) is 0 Å². The molecule has 0 aromatic carbocycles. The number of halogens is 2. The molecule has 0 aliphatic carbocycles. The van der Waals surface area contributed by atoms with Crippen LogP contribution in [0.25, 0.3) is 0 Å². The van der Waals surface area contributed by atoms with Gasteiger partial charge in [0, 0.05) is 37.0 Å². The van der Waals surface area contributed by atoms with Crippen molar-refractivity contribution in [2.75, 3.05) is 19.7 Å². The fraction of sp³-hybridized carbons (Fsp3) is 0.870. The van der Waals surface area contributed by atoms with Gasteiger partial charge >= 0.3 is 0 Å². The molecule has 0 spiro atoms. The molecule has 4 aliphatic rings. The number of amides is 1. The molecule has 180 valence electrons. The first-order chi connectivity index (χ1) is 15.1. The van der Waals surface area contributed by atoms with E-state index in [0.29, 0.717) is 13.2 Å². The maximum absolute atomic E-state index is 13.6. The molecule has 7 nitrogen and oxygen atoms in total. The van der Waals surface area contributed by atoms with E-state index in [1.807, 2.05) is 11.8 Å². The summed E-state index contributed by atoms with van der Waals surface area (Å²) in [5.41, 5.74) is -0.454. The van der Waals surface area contributed by atoms with Crippen LogP contribution in [0.1, 0.15) is 47.5 Å². The number of hydrogen-bond acceptors (Lipinski definition) is 6. The molecule has 9 heteroatoms. The Labute approximate surface area is 189 Å². The van der Waals surface area contributed by atoms with E-state index >= 15 is 0 Å². The van der Waals surface area contributed by atoms with Gasteiger partial charge in [0.15, 0.2) is 0 Å². The number of ether oxygens (including phenoxy) is 1. The number of piperidine rings is 1. The Morgan fingerprint density at radius 1 is 1.28 bits per heavy atom. The van der Waals surface area contributed by atoms with Gasteiger partial charge in [0.05, 0.1) is 42.7 Å². The average molecular weight is 454 g/mol. The number of hydrazone groups is 1. The molecule has 0 aromatic heterocycles. The predicted molar refractivity (Wildman–Crippen MR) is 120 cm³/mol. The molecule has 0 aromatic rings. The lowest BCUT2D eigenvalue weighted by molar-refractivity contribution is -0.135. The third-order valence-electron chi connectivity index (χ3n) is 7.83. The highest BCUT2D eigenvalue weighted by Gasteiger charge is 2.59. The van der Waals surface area contributed by atoms with E-state index in [1.165, 1.54) is 5.01 Å². The van der Waals surface area contributed by atoms with Gasteiger partial charge < -0.3 is 15.0 Å². The first-order valence-corrected chi connectivity index (χ1v) is 11.9. The Bertz CT molecular complexity index is 761. The zero-order chi connectivity index (χ0) is 23.2. The summed E-state index contributed by atoms with van der Waals surface area (Å²) in [4.78, 5) is 20.2. The highest BCUT2D eigenvalue weighted by Crippen LogP contribution is 2.45. The Kier molecular flexibility index (Phi) is 6.60. The van der Waals surface area contributed by atoms with Crippen molar-refractivity contribution >= 4 is 18.3 Å². The number of likely N-dealkylation sites (tertiary alicyclic amines) is 1. The molecule has 4 aliphatic heterocycles. The minimum absolute atomic E-state index is 0.0143. The summed E-state index contributed by atoms with van der Waals surface area (Å²) < 4.78 is 31.5. The zero-order valence-corrected chi connectivity index (χ0v) is 19.7. The maximum atomic E-state index is 13.6. The van der Waals surface area contributed by atoms with E-state index in [0.717, 1.165) is 12.8 Å². The molecule has 1 N–H and O–H groups in total. The molecular formula is C23H37F2N5O2. The van der Waals surface area contributed by atoms with Crippen LogP contribution in [-0.4, -0.2) is 90.2 Å². The van der Waals surface area contributed by atoms with Crippen LogP contribution in [0.15, 0.2) is 10.1 Å². The quantitative estimate of drug-likeness (QED) is 0.671. The van der Waals surface area contributed by atoms with Crippen molar-refractivity contribution in [3.8, 4) is 0 Å². The Balaban J connectivity index is 1.50. The molecule has 0 radical (unpaired) electrons. The van der Waals surface area contributed by atoms with Crippen LogP contribution in [-0.2, 0) is 9.53 Å². The van der Waals surface area contributed by atoms with Crippen molar-refractivity contribution in [2.24, 2.45) is 27.8 Å². The molecule has 1 amide bonds. The van der Waals surface area contributed by atoms with Crippen molar-refractivity contribution in [1.29, 1.82) is 0 Å². The third-order valence-corrected chi connectivity index (χ3v) is 7.83. The molecule has 4 rings (SSSR count). The maximum Gasteiger partial charge on any atom is 0.257 e. The van der Waals surface area contributed by atoms with Gasteiger partial charge in [0.2, 0.25) is 5.91 Å². The third kappa shape index (κ3) is 4.18. The summed E-state index contributed by atoms with van der Waals surface area (Å²) in [6.07, 6.45) is 3.24. The monoisotopic (exact) mass is 453 g/mol. The summed E-state index contributed by atoms with van der Waals surface area (Å²) in [6.45, 7) is 11.0. The normalized spacial score (nSPS) is 41.1. The number of aliphatic imine (C=N–C) groups is 1. The number of carbonyl (C=O) groups excluding carboxylic acids is 1. The van der Waals surface area contributed by atoms with Crippen molar-refractivity contribution in [3.05, 3.63) is 0 Å². The second-order valence-corrected chi connectivity index (χ2v) is 10.4. The molecule has 32 heavy (non-hydrogen) atoms. The molecule has 8 atom stereocenters. The minimum Gasteiger partial charge on any atom is -0.376 e. The Hall–Kier alpha value is -1.61. The lowest BCUT2D eigenvalue weighted by Crippen LogP contribution is -2.62. The first kappa shape index (κ1) is 23.5. The van der Waals surface area contributed by atoms with E-state index in [1.54, 1.807) is 6.21 Å². The first-order valence-electron chi connectivity index (χ1n) is 11.9. The fourth-order valence-electron chi connectivity index (χ4n) is 6.26. The van der Waals surface area contributed by atoms with Crippen molar-refractivity contribution in [2.45, 2.75) is 89.7 Å². The van der Waals surface area contributed by atoms with Gasteiger partial charge in [-0.3, -0.25) is 14.8 Å². The van der Waals surface area contributed by atoms with Crippen molar-refractivity contribution < 1.29 is 18.3 Å². The van der Waals surface area contributed by atoms with E-state index < -0.39 is 18.5 Å². The number of carbonyl (C=O) groups is 1. The van der Waals surface area contributed by atoms with Gasteiger partial charge in [0.1, 0.15) is 0 Å². The second-order valence-electron chi connectivity index (χ2n) is 10.4. The van der Waals surface area contributed by atoms with E-state index in [9.17, 15) is 13.6 Å². The smallest absolute Gasteiger partial charge is 0.257 e. The lowest BCUT2D eigenvalue weighted by Gasteiger charge is -2.46. The minimum atomic E-state index is -2.45. The van der Waals surface area contributed by atoms with Crippen LogP contribution in [0, 0.1) is 17.8 Å². The van der Waals surface area contributed by atoms with Crippen LogP contribution in [0.2, 0.25) is 0 Å². The highest BCUT2D eigenvalue weighted by molar-refractivity contribution is 5.88. The van der Waals surface area contributed by atoms with E-state index in [-0.39, 0.29) is 53.9 Å². The summed E-state index contributed by atoms with van der Waals surface area (Å²) in [5.74, 6) is 0.463.